The molecular weight excluding hydrogens is 262 g/mol. The first-order valence-corrected chi connectivity index (χ1v) is 8.80. The lowest BCUT2D eigenvalue weighted by molar-refractivity contribution is -0.126. The predicted molar refractivity (Wildman–Crippen MR) is 85.8 cm³/mol. The Morgan fingerprint density at radius 1 is 1.05 bits per heavy atom. The molecule has 2 atom stereocenters. The van der Waals surface area contributed by atoms with Crippen LogP contribution in [-0.4, -0.2) is 24.2 Å². The zero-order valence-electron chi connectivity index (χ0n) is 14.0. The number of carbonyl (C=O) groups excluding carboxylic acids is 1. The maximum absolute atomic E-state index is 12.3. The molecule has 0 spiro atoms. The van der Waals surface area contributed by atoms with Gasteiger partial charge in [-0.2, -0.15) is 0 Å². The zero-order valence-corrected chi connectivity index (χ0v) is 14.0. The van der Waals surface area contributed by atoms with E-state index < -0.39 is 0 Å². The van der Waals surface area contributed by atoms with E-state index in [2.05, 4.69) is 26.1 Å². The van der Waals surface area contributed by atoms with Gasteiger partial charge in [0.1, 0.15) is 0 Å². The van der Waals surface area contributed by atoms with E-state index in [0.29, 0.717) is 17.3 Å². The summed E-state index contributed by atoms with van der Waals surface area (Å²) in [4.78, 5) is 12.3. The highest BCUT2D eigenvalue weighted by Crippen LogP contribution is 2.40. The Hall–Kier alpha value is -0.570. The third-order valence-electron chi connectivity index (χ3n) is 5.91. The van der Waals surface area contributed by atoms with E-state index in [9.17, 15) is 9.90 Å². The van der Waals surface area contributed by atoms with Crippen LogP contribution in [0.15, 0.2) is 0 Å². The Morgan fingerprint density at radius 2 is 1.67 bits per heavy atom. The SMILES string of the molecule is CC(C)(C)C1CCC(C(=O)NCC2CCCC2CO)CC1. The number of carbonyl (C=O) groups is 1. The molecule has 0 aliphatic heterocycles. The lowest BCUT2D eigenvalue weighted by Crippen LogP contribution is -2.38. The maximum atomic E-state index is 12.3. The lowest BCUT2D eigenvalue weighted by Gasteiger charge is -2.36. The van der Waals surface area contributed by atoms with Gasteiger partial charge >= 0.3 is 0 Å². The summed E-state index contributed by atoms with van der Waals surface area (Å²) < 4.78 is 0. The second-order valence-electron chi connectivity index (χ2n) is 8.29. The van der Waals surface area contributed by atoms with Crippen molar-refractivity contribution < 1.29 is 9.90 Å². The molecule has 2 unspecified atom stereocenters. The van der Waals surface area contributed by atoms with Crippen molar-refractivity contribution >= 4 is 5.91 Å². The topological polar surface area (TPSA) is 49.3 Å². The number of rotatable bonds is 4. The van der Waals surface area contributed by atoms with Crippen LogP contribution in [0, 0.1) is 29.1 Å². The minimum atomic E-state index is 0.220. The molecule has 2 aliphatic carbocycles. The molecule has 2 fully saturated rings. The summed E-state index contributed by atoms with van der Waals surface area (Å²) in [6.45, 7) is 7.98. The number of hydrogen-bond acceptors (Lipinski definition) is 2. The van der Waals surface area contributed by atoms with E-state index in [0.717, 1.165) is 38.1 Å². The van der Waals surface area contributed by atoms with E-state index in [-0.39, 0.29) is 18.4 Å². The van der Waals surface area contributed by atoms with Crippen LogP contribution in [0.5, 0.6) is 0 Å². The number of amides is 1. The molecule has 2 rings (SSSR count). The van der Waals surface area contributed by atoms with Gasteiger partial charge in [0.25, 0.3) is 0 Å². The van der Waals surface area contributed by atoms with Gasteiger partial charge in [-0.15, -0.1) is 0 Å². The van der Waals surface area contributed by atoms with Gasteiger partial charge in [0.15, 0.2) is 0 Å². The van der Waals surface area contributed by atoms with E-state index in [1.807, 2.05) is 0 Å². The third-order valence-corrected chi connectivity index (χ3v) is 5.91. The molecule has 0 heterocycles. The van der Waals surface area contributed by atoms with Crippen LogP contribution in [0.3, 0.4) is 0 Å². The van der Waals surface area contributed by atoms with Crippen molar-refractivity contribution in [1.29, 1.82) is 0 Å². The van der Waals surface area contributed by atoms with Crippen LogP contribution in [0.2, 0.25) is 0 Å². The van der Waals surface area contributed by atoms with E-state index in [1.165, 1.54) is 19.3 Å². The molecular formula is C18H33NO2. The Bertz CT molecular complexity index is 340. The fourth-order valence-corrected chi connectivity index (χ4v) is 4.22. The maximum Gasteiger partial charge on any atom is 0.223 e. The molecule has 0 saturated heterocycles. The molecule has 2 N–H and O–H groups in total. The molecule has 0 radical (unpaired) electrons. The molecule has 2 aliphatic rings. The number of aliphatic hydroxyl groups excluding tert-OH is 1. The van der Waals surface area contributed by atoms with Gasteiger partial charge in [0.05, 0.1) is 0 Å². The summed E-state index contributed by atoms with van der Waals surface area (Å²) in [5, 5.41) is 12.5. The number of hydrogen-bond donors (Lipinski definition) is 2. The fourth-order valence-electron chi connectivity index (χ4n) is 4.22. The first-order chi connectivity index (χ1) is 9.91. The molecule has 0 aromatic heterocycles. The monoisotopic (exact) mass is 295 g/mol. The highest BCUT2D eigenvalue weighted by Gasteiger charge is 2.33. The molecule has 0 aromatic rings. The average Bonchev–Trinajstić information content (AvgIpc) is 2.91. The summed E-state index contributed by atoms with van der Waals surface area (Å²) in [7, 11) is 0. The third kappa shape index (κ3) is 4.45. The van der Waals surface area contributed by atoms with Crippen LogP contribution >= 0.6 is 0 Å². The van der Waals surface area contributed by atoms with Crippen molar-refractivity contribution in [3.05, 3.63) is 0 Å². The fraction of sp³-hybridized carbons (Fsp3) is 0.944. The minimum Gasteiger partial charge on any atom is -0.396 e. The first-order valence-electron chi connectivity index (χ1n) is 8.80. The van der Waals surface area contributed by atoms with Crippen molar-refractivity contribution in [2.45, 2.75) is 65.7 Å². The largest absolute Gasteiger partial charge is 0.396 e. The predicted octanol–water partition coefficient (Wildman–Crippen LogP) is 3.36. The summed E-state index contributed by atoms with van der Waals surface area (Å²) >= 11 is 0. The second-order valence-corrected chi connectivity index (χ2v) is 8.29. The van der Waals surface area contributed by atoms with Gasteiger partial charge in [0, 0.05) is 19.1 Å². The summed E-state index contributed by atoms with van der Waals surface area (Å²) in [5.74, 6) is 2.13. The summed E-state index contributed by atoms with van der Waals surface area (Å²) in [5.41, 5.74) is 0.375. The Labute approximate surface area is 129 Å². The minimum absolute atomic E-state index is 0.220. The van der Waals surface area contributed by atoms with Crippen molar-refractivity contribution in [2.75, 3.05) is 13.2 Å². The zero-order chi connectivity index (χ0) is 15.5. The standard InChI is InChI=1S/C18H33NO2/c1-18(2,3)16-9-7-13(8-10-16)17(21)19-11-14-5-4-6-15(14)12-20/h13-16,20H,4-12H2,1-3H3,(H,19,21). The van der Waals surface area contributed by atoms with E-state index in [1.54, 1.807) is 0 Å². The second kappa shape index (κ2) is 7.13. The number of aliphatic hydroxyl groups is 1. The Balaban J connectivity index is 1.73. The van der Waals surface area contributed by atoms with Gasteiger partial charge in [-0.1, -0.05) is 27.2 Å². The van der Waals surface area contributed by atoms with Crippen molar-refractivity contribution in [3.63, 3.8) is 0 Å². The smallest absolute Gasteiger partial charge is 0.223 e. The summed E-state index contributed by atoms with van der Waals surface area (Å²) in [6, 6.07) is 0. The van der Waals surface area contributed by atoms with Gasteiger partial charge < -0.3 is 10.4 Å². The van der Waals surface area contributed by atoms with Crippen molar-refractivity contribution in [1.82, 2.24) is 5.32 Å². The molecule has 3 nitrogen and oxygen atoms in total. The van der Waals surface area contributed by atoms with Crippen molar-refractivity contribution in [3.8, 4) is 0 Å². The summed E-state index contributed by atoms with van der Waals surface area (Å²) in [6.07, 6.45) is 7.93. The molecule has 1 amide bonds. The highest BCUT2D eigenvalue weighted by atomic mass is 16.3. The van der Waals surface area contributed by atoms with Crippen LogP contribution < -0.4 is 5.32 Å². The van der Waals surface area contributed by atoms with Gasteiger partial charge in [-0.05, 0) is 61.7 Å². The Morgan fingerprint density at radius 3 is 2.24 bits per heavy atom. The van der Waals surface area contributed by atoms with E-state index in [4.69, 9.17) is 0 Å². The molecule has 0 aromatic carbocycles. The molecule has 0 bridgehead atoms. The Kier molecular flexibility index (Phi) is 5.70. The quantitative estimate of drug-likeness (QED) is 0.835. The normalized spacial score (nSPS) is 33.9. The molecule has 122 valence electrons. The lowest BCUT2D eigenvalue weighted by atomic mass is 9.69. The van der Waals surface area contributed by atoms with Crippen molar-refractivity contribution in [2.24, 2.45) is 29.1 Å². The molecule has 3 heteroatoms. The molecule has 2 saturated carbocycles. The van der Waals surface area contributed by atoms with Gasteiger partial charge in [-0.3, -0.25) is 4.79 Å². The van der Waals surface area contributed by atoms with Crippen LogP contribution in [0.25, 0.3) is 0 Å². The van der Waals surface area contributed by atoms with Crippen LogP contribution in [0.4, 0.5) is 0 Å². The van der Waals surface area contributed by atoms with Crippen LogP contribution in [-0.2, 0) is 4.79 Å². The van der Waals surface area contributed by atoms with Gasteiger partial charge in [-0.25, -0.2) is 0 Å². The molecule has 21 heavy (non-hydrogen) atoms. The van der Waals surface area contributed by atoms with Gasteiger partial charge in [0.2, 0.25) is 5.91 Å². The van der Waals surface area contributed by atoms with Crippen LogP contribution in [0.1, 0.15) is 65.7 Å². The number of nitrogens with one attached hydrogen (secondary N) is 1. The average molecular weight is 295 g/mol. The van der Waals surface area contributed by atoms with E-state index >= 15 is 0 Å². The highest BCUT2D eigenvalue weighted by molar-refractivity contribution is 5.78. The first kappa shape index (κ1) is 16.8.